The summed E-state index contributed by atoms with van der Waals surface area (Å²) < 4.78 is 32.4. The molecule has 29 heavy (non-hydrogen) atoms. The molecule has 0 radical (unpaired) electrons. The van der Waals surface area contributed by atoms with Crippen LogP contribution in [0.5, 0.6) is 0 Å². The van der Waals surface area contributed by atoms with Crippen LogP contribution in [0, 0.1) is 18.3 Å². The van der Waals surface area contributed by atoms with E-state index in [1.54, 1.807) is 26.8 Å². The molecule has 2 rings (SSSR count). The molecule has 0 N–H and O–H groups in total. The van der Waals surface area contributed by atoms with Gasteiger partial charge >= 0.3 is 5.97 Å². The van der Waals surface area contributed by atoms with Crippen molar-refractivity contribution in [3.8, 4) is 6.07 Å². The molecule has 9 heteroatoms. The van der Waals surface area contributed by atoms with E-state index in [4.69, 9.17) is 10.00 Å². The fourth-order valence-electron chi connectivity index (χ4n) is 2.94. The van der Waals surface area contributed by atoms with Gasteiger partial charge in [0.25, 0.3) is 5.91 Å². The van der Waals surface area contributed by atoms with Crippen LogP contribution < -0.4 is 0 Å². The van der Waals surface area contributed by atoms with Crippen LogP contribution >= 0.6 is 0 Å². The number of likely N-dealkylation sites (N-methyl/N-ethyl adjacent to an activating group) is 1. The highest BCUT2D eigenvalue weighted by Gasteiger charge is 2.30. The first-order valence-corrected chi connectivity index (χ1v) is 10.9. The second kappa shape index (κ2) is 8.93. The number of carbonyl (C=O) groups excluding carboxylic acids is 2. The molecule has 158 valence electrons. The highest BCUT2D eigenvalue weighted by molar-refractivity contribution is 7.89. The van der Waals surface area contributed by atoms with E-state index in [1.165, 1.54) is 28.4 Å². The van der Waals surface area contributed by atoms with Crippen LogP contribution in [0.4, 0.5) is 0 Å². The second-order valence-corrected chi connectivity index (χ2v) is 9.55. The maximum Gasteiger partial charge on any atom is 0.338 e. The molecule has 1 heterocycles. The maximum atomic E-state index is 13.0. The van der Waals surface area contributed by atoms with Crippen LogP contribution in [0.3, 0.4) is 0 Å². The molecule has 1 aliphatic rings. The van der Waals surface area contributed by atoms with Crippen molar-refractivity contribution in [3.05, 3.63) is 29.3 Å². The Labute approximate surface area is 172 Å². The van der Waals surface area contributed by atoms with Crippen LogP contribution in [0.1, 0.15) is 49.0 Å². The summed E-state index contributed by atoms with van der Waals surface area (Å²) in [6.45, 7) is 5.21. The molecule has 1 saturated heterocycles. The molecule has 0 bridgehead atoms. The average Bonchev–Trinajstić information content (AvgIpc) is 2.71. The molecule has 8 nitrogen and oxygen atoms in total. The molecular formula is C20H27N3O5S. The summed E-state index contributed by atoms with van der Waals surface area (Å²) >= 11 is 0. The zero-order valence-electron chi connectivity index (χ0n) is 17.3. The Morgan fingerprint density at radius 1 is 1.24 bits per heavy atom. The highest BCUT2D eigenvalue weighted by atomic mass is 32.2. The second-order valence-electron chi connectivity index (χ2n) is 7.64. The number of hydrogen-bond acceptors (Lipinski definition) is 6. The molecule has 1 aliphatic heterocycles. The van der Waals surface area contributed by atoms with E-state index < -0.39 is 34.0 Å². The molecular weight excluding hydrogens is 394 g/mol. The van der Waals surface area contributed by atoms with Gasteiger partial charge in [-0.2, -0.15) is 9.57 Å². The van der Waals surface area contributed by atoms with E-state index in [-0.39, 0.29) is 10.5 Å². The van der Waals surface area contributed by atoms with E-state index in [1.807, 2.05) is 6.07 Å². The lowest BCUT2D eigenvalue weighted by molar-refractivity contribution is -0.136. The fourth-order valence-corrected chi connectivity index (χ4v) is 4.71. The molecule has 1 amide bonds. The summed E-state index contributed by atoms with van der Waals surface area (Å²) in [5.74, 6) is -1.32. The molecule has 0 aliphatic carbocycles. The van der Waals surface area contributed by atoms with Crippen molar-refractivity contribution in [2.75, 3.05) is 26.7 Å². The van der Waals surface area contributed by atoms with Gasteiger partial charge < -0.3 is 9.64 Å². The number of ether oxygens (including phenoxy) is 1. The lowest BCUT2D eigenvalue weighted by atomic mass is 10.1. The first kappa shape index (κ1) is 22.8. The maximum absolute atomic E-state index is 13.0. The van der Waals surface area contributed by atoms with Gasteiger partial charge in [-0.15, -0.1) is 0 Å². The zero-order chi connectivity index (χ0) is 21.8. The van der Waals surface area contributed by atoms with E-state index in [0.29, 0.717) is 18.7 Å². The lowest BCUT2D eigenvalue weighted by Crippen LogP contribution is -2.45. The van der Waals surface area contributed by atoms with Crippen LogP contribution in [-0.2, 0) is 19.6 Å². The summed E-state index contributed by atoms with van der Waals surface area (Å²) in [7, 11) is -2.25. The third kappa shape index (κ3) is 5.14. The van der Waals surface area contributed by atoms with Crippen molar-refractivity contribution in [2.24, 2.45) is 0 Å². The number of amides is 1. The highest BCUT2D eigenvalue weighted by Crippen LogP contribution is 2.24. The molecule has 0 atom stereocenters. The van der Waals surface area contributed by atoms with Gasteiger partial charge in [0.05, 0.1) is 16.5 Å². The van der Waals surface area contributed by atoms with Gasteiger partial charge in [-0.25, -0.2) is 13.2 Å². The SMILES string of the molecule is Cc1ccc(C(=O)OCC(=O)N(C)C(C)(C)C#N)cc1S(=O)(=O)N1CCCCC1. The summed E-state index contributed by atoms with van der Waals surface area (Å²) in [6, 6.07) is 6.32. The van der Waals surface area contributed by atoms with Gasteiger partial charge in [0.1, 0.15) is 5.54 Å². The minimum atomic E-state index is -3.70. The Bertz CT molecular complexity index is 928. The third-order valence-electron chi connectivity index (χ3n) is 5.17. The van der Waals surface area contributed by atoms with Crippen molar-refractivity contribution in [2.45, 2.75) is 50.5 Å². The van der Waals surface area contributed by atoms with E-state index in [2.05, 4.69) is 0 Å². The van der Waals surface area contributed by atoms with Crippen LogP contribution in [0.2, 0.25) is 0 Å². The van der Waals surface area contributed by atoms with Crippen LogP contribution in [0.25, 0.3) is 0 Å². The Kier molecular flexibility index (Phi) is 7.03. The van der Waals surface area contributed by atoms with Crippen LogP contribution in [0.15, 0.2) is 23.1 Å². The monoisotopic (exact) mass is 421 g/mol. The van der Waals surface area contributed by atoms with Gasteiger partial charge in [-0.3, -0.25) is 4.79 Å². The van der Waals surface area contributed by atoms with Gasteiger partial charge in [-0.1, -0.05) is 12.5 Å². The van der Waals surface area contributed by atoms with E-state index in [9.17, 15) is 18.0 Å². The van der Waals surface area contributed by atoms with E-state index in [0.717, 1.165) is 19.3 Å². The molecule has 0 aromatic heterocycles. The number of nitriles is 1. The van der Waals surface area contributed by atoms with Gasteiger partial charge in [0.15, 0.2) is 6.61 Å². The lowest BCUT2D eigenvalue weighted by Gasteiger charge is -2.28. The summed E-state index contributed by atoms with van der Waals surface area (Å²) in [5, 5.41) is 9.10. The fraction of sp³-hybridized carbons (Fsp3) is 0.550. The van der Waals surface area contributed by atoms with Gasteiger partial charge in [0.2, 0.25) is 10.0 Å². The first-order chi connectivity index (χ1) is 13.5. The number of aryl methyl sites for hydroxylation is 1. The average molecular weight is 422 g/mol. The number of esters is 1. The smallest absolute Gasteiger partial charge is 0.338 e. The Morgan fingerprint density at radius 2 is 1.86 bits per heavy atom. The number of piperidine rings is 1. The minimum Gasteiger partial charge on any atom is -0.452 e. The van der Waals surface area contributed by atoms with Crippen molar-refractivity contribution >= 4 is 21.9 Å². The largest absolute Gasteiger partial charge is 0.452 e. The standard InChI is InChI=1S/C20H27N3O5S/c1-15-8-9-16(12-17(15)29(26,27)23-10-6-5-7-11-23)19(25)28-13-18(24)22(4)20(2,3)14-21/h8-9,12H,5-7,10-11,13H2,1-4H3. The van der Waals surface area contributed by atoms with Crippen molar-refractivity contribution in [1.29, 1.82) is 5.26 Å². The molecule has 1 aromatic rings. The predicted octanol–water partition coefficient (Wildman–Crippen LogP) is 2.09. The number of nitrogens with zero attached hydrogens (tertiary/aromatic N) is 3. The summed E-state index contributed by atoms with van der Waals surface area (Å²) in [4.78, 5) is 25.8. The number of rotatable bonds is 6. The Morgan fingerprint density at radius 3 is 2.45 bits per heavy atom. The molecule has 1 aromatic carbocycles. The minimum absolute atomic E-state index is 0.0566. The van der Waals surface area contributed by atoms with Crippen molar-refractivity contribution in [1.82, 2.24) is 9.21 Å². The summed E-state index contributed by atoms with van der Waals surface area (Å²) in [5.41, 5.74) is -0.442. The molecule has 1 fully saturated rings. The topological polar surface area (TPSA) is 108 Å². The normalized spacial score (nSPS) is 15.4. The number of benzene rings is 1. The Hall–Kier alpha value is -2.44. The molecule has 0 saturated carbocycles. The van der Waals surface area contributed by atoms with Gasteiger partial charge in [0, 0.05) is 20.1 Å². The molecule has 0 unspecified atom stereocenters. The number of carbonyl (C=O) groups is 2. The van der Waals surface area contributed by atoms with Crippen molar-refractivity contribution < 1.29 is 22.7 Å². The van der Waals surface area contributed by atoms with E-state index >= 15 is 0 Å². The third-order valence-corrected chi connectivity index (χ3v) is 7.21. The number of hydrogen-bond donors (Lipinski definition) is 0. The molecule has 0 spiro atoms. The zero-order valence-corrected chi connectivity index (χ0v) is 18.1. The summed E-state index contributed by atoms with van der Waals surface area (Å²) in [6.07, 6.45) is 2.63. The Balaban J connectivity index is 2.15. The van der Waals surface area contributed by atoms with Gasteiger partial charge in [-0.05, 0) is 51.3 Å². The predicted molar refractivity (Wildman–Crippen MR) is 107 cm³/mol. The van der Waals surface area contributed by atoms with Crippen molar-refractivity contribution in [3.63, 3.8) is 0 Å². The number of sulfonamides is 1. The first-order valence-electron chi connectivity index (χ1n) is 9.46. The van der Waals surface area contributed by atoms with Crippen LogP contribution in [-0.4, -0.2) is 61.8 Å². The quantitative estimate of drug-likeness (QED) is 0.651.